The highest BCUT2D eigenvalue weighted by molar-refractivity contribution is 5.43. The van der Waals surface area contributed by atoms with Crippen LogP contribution in [-0.4, -0.2) is 24.4 Å². The highest BCUT2D eigenvalue weighted by atomic mass is 16.5. The minimum atomic E-state index is 0.131. The highest BCUT2D eigenvalue weighted by Gasteiger charge is 2.28. The molecule has 0 spiro atoms. The molecule has 1 saturated carbocycles. The van der Waals surface area contributed by atoms with E-state index in [9.17, 15) is 0 Å². The van der Waals surface area contributed by atoms with Crippen molar-refractivity contribution >= 4 is 0 Å². The third-order valence-electron chi connectivity index (χ3n) is 4.96. The normalized spacial score (nSPS) is 19.9. The van der Waals surface area contributed by atoms with Crippen LogP contribution in [-0.2, 0) is 13.0 Å². The van der Waals surface area contributed by atoms with E-state index in [0.29, 0.717) is 12.0 Å². The fraction of sp³-hybridized carbons (Fsp3) is 0.571. The first-order valence-electron chi connectivity index (χ1n) is 9.54. The molecule has 0 bridgehead atoms. The summed E-state index contributed by atoms with van der Waals surface area (Å²) in [6, 6.07) is 8.73. The van der Waals surface area contributed by atoms with E-state index in [1.165, 1.54) is 24.8 Å². The van der Waals surface area contributed by atoms with Crippen LogP contribution in [0.2, 0.25) is 0 Å². The first-order valence-corrected chi connectivity index (χ1v) is 9.54. The Bertz CT molecular complexity index is 711. The Balaban J connectivity index is 1.58. The highest BCUT2D eigenvalue weighted by Crippen LogP contribution is 2.31. The Hall–Kier alpha value is -2.01. The average Bonchev–Trinajstić information content (AvgIpc) is 3.22. The van der Waals surface area contributed by atoms with Crippen LogP contribution in [0.4, 0.5) is 0 Å². The van der Waals surface area contributed by atoms with Crippen molar-refractivity contribution in [2.45, 2.75) is 65.1 Å². The van der Waals surface area contributed by atoms with Gasteiger partial charge >= 0.3 is 0 Å². The van der Waals surface area contributed by atoms with Gasteiger partial charge in [0.1, 0.15) is 5.76 Å². The fourth-order valence-electron chi connectivity index (χ4n) is 3.74. The minimum Gasteiger partial charge on any atom is -0.493 e. The summed E-state index contributed by atoms with van der Waals surface area (Å²) in [4.78, 5) is 0. The molecule has 1 fully saturated rings. The maximum atomic E-state index is 5.79. The van der Waals surface area contributed by atoms with Gasteiger partial charge in [-0.05, 0) is 57.2 Å². The van der Waals surface area contributed by atoms with Crippen LogP contribution in [0.1, 0.15) is 50.1 Å². The summed E-state index contributed by atoms with van der Waals surface area (Å²) >= 11 is 0. The van der Waals surface area contributed by atoms with Crippen molar-refractivity contribution in [1.82, 2.24) is 10.5 Å². The van der Waals surface area contributed by atoms with E-state index in [0.717, 1.165) is 35.9 Å². The Kier molecular flexibility index (Phi) is 6.20. The molecular formula is C21H30N2O3. The van der Waals surface area contributed by atoms with Gasteiger partial charge in [-0.3, -0.25) is 0 Å². The second kappa shape index (κ2) is 8.58. The van der Waals surface area contributed by atoms with Crippen molar-refractivity contribution < 1.29 is 14.0 Å². The summed E-state index contributed by atoms with van der Waals surface area (Å²) in [5, 5.41) is 7.73. The third-order valence-corrected chi connectivity index (χ3v) is 4.96. The Morgan fingerprint density at radius 2 is 2.08 bits per heavy atom. The van der Waals surface area contributed by atoms with E-state index >= 15 is 0 Å². The van der Waals surface area contributed by atoms with Gasteiger partial charge in [0.25, 0.3) is 0 Å². The number of hydrogen-bond donors (Lipinski definition) is 1. The quantitative estimate of drug-likeness (QED) is 0.763. The molecule has 1 aromatic carbocycles. The number of nitrogens with zero attached hydrogens (tertiary/aromatic N) is 1. The smallest absolute Gasteiger partial charge is 0.161 e. The molecule has 0 radical (unpaired) electrons. The molecule has 0 amide bonds. The standard InChI is InChI=1S/C21H30N2O3/c1-14(2)25-20-9-8-16(11-21(20)24-4)13-22-19-7-5-6-17(19)12-18-10-15(3)23-26-18/h8-11,14,17,19,22H,5-7,12-13H2,1-4H3/t17-,19+/m0/s1. The lowest BCUT2D eigenvalue weighted by Gasteiger charge is -2.21. The number of methoxy groups -OCH3 is 1. The molecule has 1 aliphatic rings. The summed E-state index contributed by atoms with van der Waals surface area (Å²) in [6.45, 7) is 6.84. The predicted octanol–water partition coefficient (Wildman–Crippen LogP) is 4.28. The van der Waals surface area contributed by atoms with E-state index < -0.39 is 0 Å². The summed E-state index contributed by atoms with van der Waals surface area (Å²) in [6.07, 6.45) is 4.81. The van der Waals surface area contributed by atoms with Crippen LogP contribution in [0.25, 0.3) is 0 Å². The SMILES string of the molecule is COc1cc(CN[C@@H]2CCC[C@H]2Cc2cc(C)no2)ccc1OC(C)C. The van der Waals surface area contributed by atoms with Gasteiger partial charge in [-0.15, -0.1) is 0 Å². The lowest BCUT2D eigenvalue weighted by atomic mass is 9.97. The monoisotopic (exact) mass is 358 g/mol. The van der Waals surface area contributed by atoms with E-state index in [1.807, 2.05) is 32.9 Å². The average molecular weight is 358 g/mol. The van der Waals surface area contributed by atoms with Gasteiger partial charge in [-0.2, -0.15) is 0 Å². The number of benzene rings is 1. The van der Waals surface area contributed by atoms with Crippen molar-refractivity contribution in [3.8, 4) is 11.5 Å². The summed E-state index contributed by atoms with van der Waals surface area (Å²) < 4.78 is 16.7. The molecule has 0 saturated heterocycles. The van der Waals surface area contributed by atoms with Gasteiger partial charge < -0.3 is 19.3 Å². The molecule has 142 valence electrons. The second-order valence-corrected chi connectivity index (χ2v) is 7.47. The number of ether oxygens (including phenoxy) is 2. The maximum Gasteiger partial charge on any atom is 0.161 e. The first-order chi connectivity index (χ1) is 12.5. The lowest BCUT2D eigenvalue weighted by molar-refractivity contribution is 0.230. The van der Waals surface area contributed by atoms with Crippen LogP contribution in [0.5, 0.6) is 11.5 Å². The third kappa shape index (κ3) is 4.79. The summed E-state index contributed by atoms with van der Waals surface area (Å²) in [5.74, 6) is 3.19. The molecule has 1 aromatic heterocycles. The van der Waals surface area contributed by atoms with Gasteiger partial charge in [-0.1, -0.05) is 17.6 Å². The first kappa shape index (κ1) is 18.8. The molecule has 1 heterocycles. The predicted molar refractivity (Wildman–Crippen MR) is 102 cm³/mol. The molecule has 0 unspecified atom stereocenters. The largest absolute Gasteiger partial charge is 0.493 e. The van der Waals surface area contributed by atoms with E-state index in [4.69, 9.17) is 14.0 Å². The number of nitrogens with one attached hydrogen (secondary N) is 1. The van der Waals surface area contributed by atoms with Gasteiger partial charge in [0.15, 0.2) is 11.5 Å². The number of aryl methyl sites for hydroxylation is 1. The number of aromatic nitrogens is 1. The molecule has 1 aliphatic carbocycles. The van der Waals surface area contributed by atoms with Crippen LogP contribution in [0.15, 0.2) is 28.8 Å². The summed E-state index contributed by atoms with van der Waals surface area (Å²) in [7, 11) is 1.69. The molecule has 2 aromatic rings. The minimum absolute atomic E-state index is 0.131. The molecule has 5 nitrogen and oxygen atoms in total. The van der Waals surface area contributed by atoms with Crippen LogP contribution < -0.4 is 14.8 Å². The van der Waals surface area contributed by atoms with Gasteiger partial charge in [0, 0.05) is 25.1 Å². The Labute approximate surface area is 156 Å². The van der Waals surface area contributed by atoms with Crippen LogP contribution >= 0.6 is 0 Å². The van der Waals surface area contributed by atoms with Crippen molar-refractivity contribution in [3.63, 3.8) is 0 Å². The van der Waals surface area contributed by atoms with E-state index in [1.54, 1.807) is 7.11 Å². The molecule has 3 rings (SSSR count). The van der Waals surface area contributed by atoms with E-state index in [-0.39, 0.29) is 6.10 Å². The molecule has 0 aliphatic heterocycles. The van der Waals surface area contributed by atoms with E-state index in [2.05, 4.69) is 22.6 Å². The lowest BCUT2D eigenvalue weighted by Crippen LogP contribution is -2.32. The van der Waals surface area contributed by atoms with Crippen LogP contribution in [0.3, 0.4) is 0 Å². The van der Waals surface area contributed by atoms with Gasteiger partial charge in [-0.25, -0.2) is 0 Å². The molecule has 26 heavy (non-hydrogen) atoms. The maximum absolute atomic E-state index is 5.79. The molecular weight excluding hydrogens is 328 g/mol. The molecule has 1 N–H and O–H groups in total. The van der Waals surface area contributed by atoms with Crippen molar-refractivity contribution in [2.24, 2.45) is 5.92 Å². The topological polar surface area (TPSA) is 56.5 Å². The van der Waals surface area contributed by atoms with Gasteiger partial charge in [0.05, 0.1) is 18.9 Å². The van der Waals surface area contributed by atoms with Crippen LogP contribution in [0, 0.1) is 12.8 Å². The van der Waals surface area contributed by atoms with Crippen molar-refractivity contribution in [3.05, 3.63) is 41.3 Å². The molecule has 2 atom stereocenters. The molecule has 5 heteroatoms. The number of hydrogen-bond acceptors (Lipinski definition) is 5. The van der Waals surface area contributed by atoms with Crippen molar-refractivity contribution in [1.29, 1.82) is 0 Å². The zero-order valence-corrected chi connectivity index (χ0v) is 16.2. The zero-order valence-electron chi connectivity index (χ0n) is 16.2. The van der Waals surface area contributed by atoms with Gasteiger partial charge in [0.2, 0.25) is 0 Å². The number of rotatable bonds is 8. The van der Waals surface area contributed by atoms with Crippen molar-refractivity contribution in [2.75, 3.05) is 7.11 Å². The zero-order chi connectivity index (χ0) is 18.5. The second-order valence-electron chi connectivity index (χ2n) is 7.47. The summed E-state index contributed by atoms with van der Waals surface area (Å²) in [5.41, 5.74) is 2.16. The Morgan fingerprint density at radius 1 is 1.23 bits per heavy atom. The fourth-order valence-corrected chi connectivity index (χ4v) is 3.74. The Morgan fingerprint density at radius 3 is 2.77 bits per heavy atom.